The van der Waals surface area contributed by atoms with Gasteiger partial charge in [0.1, 0.15) is 11.1 Å². The fourth-order valence-electron chi connectivity index (χ4n) is 2.97. The maximum atomic E-state index is 12.5. The lowest BCUT2D eigenvalue weighted by atomic mass is 10.1. The van der Waals surface area contributed by atoms with Crippen molar-refractivity contribution in [1.82, 2.24) is 9.62 Å². The van der Waals surface area contributed by atoms with Crippen LogP contribution >= 0.6 is 22.9 Å². The number of thiophene rings is 1. The zero-order chi connectivity index (χ0) is 20.1. The predicted octanol–water partition coefficient (Wildman–Crippen LogP) is 2.65. The van der Waals surface area contributed by atoms with E-state index in [1.807, 2.05) is 11.0 Å². The molecule has 28 heavy (non-hydrogen) atoms. The topological polar surface area (TPSA) is 102 Å². The average Bonchev–Trinajstić information content (AvgIpc) is 3.10. The van der Waals surface area contributed by atoms with Gasteiger partial charge in [-0.25, -0.2) is 13.1 Å². The van der Waals surface area contributed by atoms with Crippen molar-refractivity contribution in [3.05, 3.63) is 46.3 Å². The number of benzene rings is 1. The number of nitrogens with zero attached hydrogens (tertiary/aromatic N) is 2. The lowest BCUT2D eigenvalue weighted by Gasteiger charge is -2.31. The number of nitriles is 1. The number of carbonyl (C=O) groups is 1. The van der Waals surface area contributed by atoms with Gasteiger partial charge in [-0.05, 0) is 48.6 Å². The summed E-state index contributed by atoms with van der Waals surface area (Å²) in [7, 11) is -3.59. The van der Waals surface area contributed by atoms with Gasteiger partial charge in [-0.15, -0.1) is 11.3 Å². The van der Waals surface area contributed by atoms with Crippen LogP contribution in [0, 0.1) is 11.3 Å². The first-order valence-corrected chi connectivity index (χ1v) is 11.4. The summed E-state index contributed by atoms with van der Waals surface area (Å²) in [6.45, 7) is 1.42. The van der Waals surface area contributed by atoms with Crippen molar-refractivity contribution in [2.24, 2.45) is 0 Å². The number of anilines is 1. The van der Waals surface area contributed by atoms with Crippen LogP contribution in [0.1, 0.15) is 18.4 Å². The third-order valence-corrected chi connectivity index (χ3v) is 7.06. The van der Waals surface area contributed by atoms with Gasteiger partial charge < -0.3 is 5.32 Å². The minimum absolute atomic E-state index is 0.178. The van der Waals surface area contributed by atoms with Gasteiger partial charge in [0.2, 0.25) is 15.9 Å². The molecule has 1 aliphatic heterocycles. The summed E-state index contributed by atoms with van der Waals surface area (Å²) in [5.41, 5.74) is 0.452. The number of hydrogen-bond donors (Lipinski definition) is 2. The summed E-state index contributed by atoms with van der Waals surface area (Å²) in [4.78, 5) is 14.3. The molecule has 0 radical (unpaired) electrons. The van der Waals surface area contributed by atoms with E-state index in [4.69, 9.17) is 16.9 Å². The molecule has 1 saturated heterocycles. The van der Waals surface area contributed by atoms with Crippen LogP contribution in [-0.4, -0.2) is 44.9 Å². The first-order valence-electron chi connectivity index (χ1n) is 8.65. The van der Waals surface area contributed by atoms with E-state index in [2.05, 4.69) is 10.0 Å². The number of likely N-dealkylation sites (tertiary alicyclic amines) is 1. The van der Waals surface area contributed by atoms with Crippen LogP contribution in [0.15, 0.2) is 40.6 Å². The molecule has 3 rings (SSSR count). The Labute approximate surface area is 173 Å². The highest BCUT2D eigenvalue weighted by molar-refractivity contribution is 7.89. The van der Waals surface area contributed by atoms with Gasteiger partial charge in [0, 0.05) is 24.2 Å². The number of piperidine rings is 1. The van der Waals surface area contributed by atoms with Crippen molar-refractivity contribution >= 4 is 43.9 Å². The summed E-state index contributed by atoms with van der Waals surface area (Å²) < 4.78 is 27.6. The summed E-state index contributed by atoms with van der Waals surface area (Å²) in [6, 6.07) is 9.57. The second kappa shape index (κ2) is 9.03. The Morgan fingerprint density at radius 1 is 1.25 bits per heavy atom. The Morgan fingerprint density at radius 3 is 2.57 bits per heavy atom. The number of amides is 1. The van der Waals surface area contributed by atoms with Crippen LogP contribution < -0.4 is 10.0 Å². The molecule has 1 aromatic heterocycles. The Morgan fingerprint density at radius 2 is 1.93 bits per heavy atom. The molecule has 1 fully saturated rings. The molecule has 0 unspecified atom stereocenters. The largest absolute Gasteiger partial charge is 0.315 e. The highest BCUT2D eigenvalue weighted by Crippen LogP contribution is 2.22. The highest BCUT2D eigenvalue weighted by Gasteiger charge is 2.25. The van der Waals surface area contributed by atoms with Crippen molar-refractivity contribution in [2.45, 2.75) is 23.8 Å². The molecule has 0 bridgehead atoms. The van der Waals surface area contributed by atoms with Crippen LogP contribution in [0.25, 0.3) is 0 Å². The molecule has 7 nitrogen and oxygen atoms in total. The summed E-state index contributed by atoms with van der Waals surface area (Å²) >= 11 is 7.12. The molecule has 10 heteroatoms. The number of halogens is 1. The van der Waals surface area contributed by atoms with E-state index in [9.17, 15) is 13.2 Å². The van der Waals surface area contributed by atoms with Gasteiger partial charge in [0.25, 0.3) is 0 Å². The fourth-order valence-corrected chi connectivity index (χ4v) is 5.16. The summed E-state index contributed by atoms with van der Waals surface area (Å²) in [5.74, 6) is -0.181. The molecule has 2 N–H and O–H groups in total. The molecule has 148 valence electrons. The van der Waals surface area contributed by atoms with E-state index in [1.165, 1.54) is 23.5 Å². The Bertz CT molecular complexity index is 975. The first kappa shape index (κ1) is 20.8. The van der Waals surface area contributed by atoms with E-state index in [-0.39, 0.29) is 23.4 Å². The third-order valence-electron chi connectivity index (χ3n) is 4.44. The van der Waals surface area contributed by atoms with Crippen molar-refractivity contribution in [3.8, 4) is 6.07 Å². The Balaban J connectivity index is 1.48. The van der Waals surface area contributed by atoms with Gasteiger partial charge >= 0.3 is 0 Å². The van der Waals surface area contributed by atoms with Crippen LogP contribution in [0.3, 0.4) is 0 Å². The van der Waals surface area contributed by atoms with Gasteiger partial charge in [0.05, 0.1) is 17.0 Å². The van der Waals surface area contributed by atoms with E-state index in [0.717, 1.165) is 0 Å². The van der Waals surface area contributed by atoms with E-state index >= 15 is 0 Å². The van der Waals surface area contributed by atoms with Gasteiger partial charge in [-0.1, -0.05) is 11.6 Å². The molecule has 1 aliphatic rings. The molecule has 2 aromatic rings. The van der Waals surface area contributed by atoms with Crippen LogP contribution in [-0.2, 0) is 14.8 Å². The van der Waals surface area contributed by atoms with Gasteiger partial charge in [0.15, 0.2) is 0 Å². The lowest BCUT2D eigenvalue weighted by molar-refractivity contribution is -0.117. The number of hydrogen-bond acceptors (Lipinski definition) is 6. The normalized spacial score (nSPS) is 15.9. The fraction of sp³-hybridized carbons (Fsp3) is 0.333. The monoisotopic (exact) mass is 438 g/mol. The molecule has 1 amide bonds. The number of nitrogens with one attached hydrogen (secondary N) is 2. The third kappa shape index (κ3) is 5.31. The quantitative estimate of drug-likeness (QED) is 0.721. The zero-order valence-electron chi connectivity index (χ0n) is 14.9. The van der Waals surface area contributed by atoms with E-state index in [0.29, 0.717) is 41.5 Å². The van der Waals surface area contributed by atoms with E-state index < -0.39 is 10.0 Å². The SMILES string of the molecule is N#Cc1ccsc1NC(=O)CN1CCC(NS(=O)(=O)c2ccc(Cl)cc2)CC1. The zero-order valence-corrected chi connectivity index (χ0v) is 17.3. The molecule has 0 atom stereocenters. The van der Waals surface area contributed by atoms with Gasteiger partial charge in [-0.2, -0.15) is 5.26 Å². The maximum Gasteiger partial charge on any atom is 0.240 e. The van der Waals surface area contributed by atoms with Crippen molar-refractivity contribution in [3.63, 3.8) is 0 Å². The van der Waals surface area contributed by atoms with Crippen molar-refractivity contribution in [1.29, 1.82) is 5.26 Å². The molecule has 0 aliphatic carbocycles. The number of sulfonamides is 1. The van der Waals surface area contributed by atoms with E-state index in [1.54, 1.807) is 23.6 Å². The van der Waals surface area contributed by atoms with Crippen LogP contribution in [0.5, 0.6) is 0 Å². The minimum atomic E-state index is -3.59. The maximum absolute atomic E-state index is 12.5. The second-order valence-electron chi connectivity index (χ2n) is 6.45. The first-order chi connectivity index (χ1) is 13.4. The van der Waals surface area contributed by atoms with Crippen LogP contribution in [0.4, 0.5) is 5.00 Å². The van der Waals surface area contributed by atoms with Gasteiger partial charge in [-0.3, -0.25) is 9.69 Å². The Hall–Kier alpha value is -1.96. The number of rotatable bonds is 6. The van der Waals surface area contributed by atoms with Crippen LogP contribution in [0.2, 0.25) is 5.02 Å². The molecular weight excluding hydrogens is 420 g/mol. The average molecular weight is 439 g/mol. The standard InChI is InChI=1S/C18H19ClN4O3S2/c19-14-1-3-16(4-2-14)28(25,26)22-15-5-8-23(9-6-15)12-17(24)21-18-13(11-20)7-10-27-18/h1-4,7,10,15,22H,5-6,8-9,12H2,(H,21,24). The molecular formula is C18H19ClN4O3S2. The molecule has 0 saturated carbocycles. The predicted molar refractivity (Wildman–Crippen MR) is 109 cm³/mol. The highest BCUT2D eigenvalue weighted by atomic mass is 35.5. The molecule has 2 heterocycles. The van der Waals surface area contributed by atoms with Crippen molar-refractivity contribution in [2.75, 3.05) is 25.0 Å². The Kier molecular flexibility index (Phi) is 6.69. The minimum Gasteiger partial charge on any atom is -0.315 e. The number of carbonyl (C=O) groups excluding carboxylic acids is 1. The molecule has 0 spiro atoms. The smallest absolute Gasteiger partial charge is 0.240 e. The second-order valence-corrected chi connectivity index (χ2v) is 9.52. The summed E-state index contributed by atoms with van der Waals surface area (Å²) in [5, 5.41) is 14.5. The summed E-state index contributed by atoms with van der Waals surface area (Å²) in [6.07, 6.45) is 1.23. The molecule has 1 aromatic carbocycles. The van der Waals surface area contributed by atoms with Crippen molar-refractivity contribution < 1.29 is 13.2 Å². The lowest BCUT2D eigenvalue weighted by Crippen LogP contribution is -2.46.